The molecule has 0 bridgehead atoms. The molecule has 1 aromatic heterocycles. The third-order valence-corrected chi connectivity index (χ3v) is 4.12. The molecule has 6 heteroatoms. The fourth-order valence-electron chi connectivity index (χ4n) is 2.97. The predicted octanol–water partition coefficient (Wildman–Crippen LogP) is 2.23. The van der Waals surface area contributed by atoms with E-state index in [1.165, 1.54) is 0 Å². The van der Waals surface area contributed by atoms with Gasteiger partial charge in [0.05, 0.1) is 17.7 Å². The molecule has 1 aliphatic carbocycles. The number of aryl methyl sites for hydroxylation is 1. The van der Waals surface area contributed by atoms with Crippen LogP contribution in [0.15, 0.2) is 10.6 Å². The lowest BCUT2D eigenvalue weighted by molar-refractivity contribution is -0.140. The minimum Gasteiger partial charge on any atom is -0.481 e. The van der Waals surface area contributed by atoms with Crippen LogP contribution in [0.25, 0.3) is 0 Å². The van der Waals surface area contributed by atoms with Gasteiger partial charge in [-0.25, -0.2) is 0 Å². The van der Waals surface area contributed by atoms with Crippen LogP contribution in [0.1, 0.15) is 54.8 Å². The van der Waals surface area contributed by atoms with Crippen LogP contribution in [0.3, 0.4) is 0 Å². The van der Waals surface area contributed by atoms with E-state index in [0.717, 1.165) is 19.3 Å². The lowest BCUT2D eigenvalue weighted by atomic mass is 9.78. The van der Waals surface area contributed by atoms with Gasteiger partial charge in [-0.1, -0.05) is 24.4 Å². The van der Waals surface area contributed by atoms with E-state index in [9.17, 15) is 9.59 Å². The minimum atomic E-state index is -0.875. The van der Waals surface area contributed by atoms with Crippen LogP contribution in [-0.4, -0.2) is 39.6 Å². The van der Waals surface area contributed by atoms with Crippen LogP contribution < -0.4 is 0 Å². The highest BCUT2D eigenvalue weighted by atomic mass is 16.5. The van der Waals surface area contributed by atoms with Crippen molar-refractivity contribution in [1.29, 1.82) is 0 Å². The Kier molecular flexibility index (Phi) is 4.11. The first-order chi connectivity index (χ1) is 9.44. The number of rotatable bonds is 4. The fraction of sp³-hybridized carbons (Fsp3) is 0.643. The first kappa shape index (κ1) is 14.6. The summed E-state index contributed by atoms with van der Waals surface area (Å²) in [6, 6.07) is 1.58. The number of carboxylic acid groups (broad SMARTS) is 1. The molecule has 1 aromatic rings. The van der Waals surface area contributed by atoms with Gasteiger partial charge in [-0.05, 0) is 19.8 Å². The Labute approximate surface area is 117 Å². The van der Waals surface area contributed by atoms with Crippen molar-refractivity contribution < 1.29 is 19.2 Å². The zero-order chi connectivity index (χ0) is 14.8. The highest BCUT2D eigenvalue weighted by Crippen LogP contribution is 2.36. The van der Waals surface area contributed by atoms with E-state index in [1.54, 1.807) is 24.9 Å². The number of hydrogen-bond acceptors (Lipinski definition) is 4. The number of hydrogen-bond donors (Lipinski definition) is 1. The summed E-state index contributed by atoms with van der Waals surface area (Å²) in [4.78, 5) is 25.2. The summed E-state index contributed by atoms with van der Waals surface area (Å²) < 4.78 is 5.00. The molecule has 0 spiro atoms. The Bertz CT molecular complexity index is 503. The Morgan fingerprint density at radius 2 is 2.05 bits per heavy atom. The summed E-state index contributed by atoms with van der Waals surface area (Å²) in [6.07, 6.45) is 4.39. The molecule has 1 heterocycles. The van der Waals surface area contributed by atoms with Crippen LogP contribution in [-0.2, 0) is 4.79 Å². The largest absolute Gasteiger partial charge is 0.481 e. The van der Waals surface area contributed by atoms with Gasteiger partial charge in [-0.15, -0.1) is 0 Å². The summed E-state index contributed by atoms with van der Waals surface area (Å²) in [7, 11) is 1.66. The van der Waals surface area contributed by atoms with Gasteiger partial charge in [0.2, 0.25) is 5.76 Å². The van der Waals surface area contributed by atoms with Gasteiger partial charge in [-0.2, -0.15) is 0 Å². The second-order valence-electron chi connectivity index (χ2n) is 5.55. The van der Waals surface area contributed by atoms with Crippen LogP contribution >= 0.6 is 0 Å². The van der Waals surface area contributed by atoms with E-state index in [4.69, 9.17) is 9.63 Å². The quantitative estimate of drug-likeness (QED) is 0.914. The number of carbonyl (C=O) groups excluding carboxylic acids is 1. The molecule has 0 saturated heterocycles. The van der Waals surface area contributed by atoms with E-state index in [1.807, 2.05) is 0 Å². The normalized spacial score (nSPS) is 17.7. The fourth-order valence-corrected chi connectivity index (χ4v) is 2.97. The van der Waals surface area contributed by atoms with Gasteiger partial charge in [0, 0.05) is 13.1 Å². The molecule has 1 fully saturated rings. The third-order valence-electron chi connectivity index (χ3n) is 4.12. The third kappa shape index (κ3) is 2.84. The molecule has 20 heavy (non-hydrogen) atoms. The van der Waals surface area contributed by atoms with Crippen molar-refractivity contribution in [2.75, 3.05) is 7.05 Å². The van der Waals surface area contributed by atoms with Gasteiger partial charge in [0.15, 0.2) is 0 Å². The standard InChI is InChI=1S/C14H20N2O4/c1-10-8-11(20-15-10)13(19)16(2)14(9-12(17)18)6-4-3-5-7-14/h8H,3-7,9H2,1-2H3,(H,17,18). The number of carbonyl (C=O) groups is 2. The average Bonchev–Trinajstić information content (AvgIpc) is 2.84. The number of aliphatic carboxylic acids is 1. The van der Waals surface area contributed by atoms with Crippen molar-refractivity contribution in [2.24, 2.45) is 0 Å². The summed E-state index contributed by atoms with van der Waals surface area (Å²) in [6.45, 7) is 1.74. The Morgan fingerprint density at radius 1 is 1.40 bits per heavy atom. The van der Waals surface area contributed by atoms with Crippen LogP contribution in [0.2, 0.25) is 0 Å². The van der Waals surface area contributed by atoms with E-state index in [-0.39, 0.29) is 18.1 Å². The molecule has 0 aliphatic heterocycles. The van der Waals surface area contributed by atoms with Crippen molar-refractivity contribution in [3.8, 4) is 0 Å². The molecule has 0 aromatic carbocycles. The Balaban J connectivity index is 2.23. The molecule has 2 rings (SSSR count). The van der Waals surface area contributed by atoms with Crippen LogP contribution in [0.5, 0.6) is 0 Å². The monoisotopic (exact) mass is 280 g/mol. The van der Waals surface area contributed by atoms with Gasteiger partial charge in [0.1, 0.15) is 0 Å². The predicted molar refractivity (Wildman–Crippen MR) is 71.4 cm³/mol. The zero-order valence-corrected chi connectivity index (χ0v) is 11.9. The molecule has 6 nitrogen and oxygen atoms in total. The first-order valence-electron chi connectivity index (χ1n) is 6.88. The number of nitrogens with zero attached hydrogens (tertiary/aromatic N) is 2. The first-order valence-corrected chi connectivity index (χ1v) is 6.88. The molecular weight excluding hydrogens is 260 g/mol. The number of amides is 1. The molecule has 1 aliphatic rings. The second-order valence-corrected chi connectivity index (χ2v) is 5.55. The summed E-state index contributed by atoms with van der Waals surface area (Å²) >= 11 is 0. The van der Waals surface area contributed by atoms with Gasteiger partial charge in [0.25, 0.3) is 5.91 Å². The van der Waals surface area contributed by atoms with E-state index >= 15 is 0 Å². The molecule has 1 saturated carbocycles. The van der Waals surface area contributed by atoms with E-state index in [2.05, 4.69) is 5.16 Å². The summed E-state index contributed by atoms with van der Waals surface area (Å²) in [5.74, 6) is -1.01. The van der Waals surface area contributed by atoms with Crippen molar-refractivity contribution in [3.63, 3.8) is 0 Å². The van der Waals surface area contributed by atoms with Crippen molar-refractivity contribution in [1.82, 2.24) is 10.1 Å². The Morgan fingerprint density at radius 3 is 2.55 bits per heavy atom. The maximum atomic E-state index is 12.4. The second kappa shape index (κ2) is 5.64. The van der Waals surface area contributed by atoms with Gasteiger partial charge in [-0.3, -0.25) is 9.59 Å². The molecule has 110 valence electrons. The minimum absolute atomic E-state index is 0.0254. The highest BCUT2D eigenvalue weighted by Gasteiger charge is 2.41. The molecule has 1 N–H and O–H groups in total. The maximum absolute atomic E-state index is 12.4. The van der Waals surface area contributed by atoms with Crippen LogP contribution in [0.4, 0.5) is 0 Å². The molecule has 0 unspecified atom stereocenters. The molecule has 0 radical (unpaired) electrons. The van der Waals surface area contributed by atoms with Crippen molar-refractivity contribution in [2.45, 2.75) is 51.0 Å². The zero-order valence-electron chi connectivity index (χ0n) is 11.9. The lowest BCUT2D eigenvalue weighted by Gasteiger charge is -2.43. The summed E-state index contributed by atoms with van der Waals surface area (Å²) in [5, 5.41) is 12.9. The van der Waals surface area contributed by atoms with Gasteiger partial charge < -0.3 is 14.5 Å². The number of aromatic nitrogens is 1. The van der Waals surface area contributed by atoms with E-state index < -0.39 is 11.5 Å². The highest BCUT2D eigenvalue weighted by molar-refractivity contribution is 5.92. The topological polar surface area (TPSA) is 83.6 Å². The SMILES string of the molecule is Cc1cc(C(=O)N(C)C2(CC(=O)O)CCCCC2)on1. The van der Waals surface area contributed by atoms with Crippen molar-refractivity contribution >= 4 is 11.9 Å². The molecule has 1 amide bonds. The Hall–Kier alpha value is -1.85. The average molecular weight is 280 g/mol. The van der Waals surface area contributed by atoms with Crippen molar-refractivity contribution in [3.05, 3.63) is 17.5 Å². The molecule has 0 atom stereocenters. The van der Waals surface area contributed by atoms with Gasteiger partial charge >= 0.3 is 5.97 Å². The van der Waals surface area contributed by atoms with E-state index in [0.29, 0.717) is 18.5 Å². The lowest BCUT2D eigenvalue weighted by Crippen LogP contribution is -2.52. The summed E-state index contributed by atoms with van der Waals surface area (Å²) in [5.41, 5.74) is 0.0275. The molecular formula is C14H20N2O4. The number of carboxylic acids is 1. The smallest absolute Gasteiger partial charge is 0.305 e. The van der Waals surface area contributed by atoms with Crippen LogP contribution in [0, 0.1) is 6.92 Å². The maximum Gasteiger partial charge on any atom is 0.305 e.